The van der Waals surface area contributed by atoms with E-state index in [2.05, 4.69) is 47.5 Å². The number of alkyl carbamates (subject to hydrolysis) is 1. The van der Waals surface area contributed by atoms with Crippen LogP contribution in [0, 0.1) is 0 Å². The van der Waals surface area contributed by atoms with Gasteiger partial charge in [0.1, 0.15) is 0 Å². The van der Waals surface area contributed by atoms with Crippen LogP contribution in [0.25, 0.3) is 5.78 Å². The van der Waals surface area contributed by atoms with Gasteiger partial charge in [-0.25, -0.2) is 9.78 Å². The molecular weight excluding hydrogens is 436 g/mol. The predicted molar refractivity (Wildman–Crippen MR) is 127 cm³/mol. The molecule has 0 radical (unpaired) electrons. The molecule has 0 bridgehead atoms. The molecule has 2 amide bonds. The number of nitrogens with one attached hydrogen (secondary N) is 4. The van der Waals surface area contributed by atoms with Crippen molar-refractivity contribution in [3.8, 4) is 0 Å². The molecule has 172 valence electrons. The highest BCUT2D eigenvalue weighted by Crippen LogP contribution is 2.22. The standard InChI is InChI=1S/C23H22N8O3/c1-3-34-23(33)26-14-15-8-10-16(11-9-15)27-20-29-21-25-12-13-31(21)22(30-20)28-18-7-5-4-6-17(18)19(32)24-2/h3-13H,1,14H2,2H3,(H,24,32)(H,26,33)(H2,25,27,28,29,30). The summed E-state index contributed by atoms with van der Waals surface area (Å²) in [7, 11) is 1.58. The van der Waals surface area contributed by atoms with Crippen LogP contribution in [0.2, 0.25) is 0 Å². The highest BCUT2D eigenvalue weighted by atomic mass is 16.5. The monoisotopic (exact) mass is 458 g/mol. The zero-order valence-electron chi connectivity index (χ0n) is 18.3. The highest BCUT2D eigenvalue weighted by molar-refractivity contribution is 6.00. The Labute approximate surface area is 194 Å². The smallest absolute Gasteiger partial charge is 0.412 e. The number of benzene rings is 2. The van der Waals surface area contributed by atoms with E-state index in [9.17, 15) is 9.59 Å². The molecule has 34 heavy (non-hydrogen) atoms. The summed E-state index contributed by atoms with van der Waals surface area (Å²) in [4.78, 5) is 36.9. The van der Waals surface area contributed by atoms with Gasteiger partial charge < -0.3 is 26.0 Å². The summed E-state index contributed by atoms with van der Waals surface area (Å²) in [6, 6.07) is 14.5. The van der Waals surface area contributed by atoms with E-state index in [1.165, 1.54) is 0 Å². The number of imidazole rings is 1. The maximum Gasteiger partial charge on any atom is 0.412 e. The average molecular weight is 458 g/mol. The Morgan fingerprint density at radius 1 is 1.09 bits per heavy atom. The van der Waals surface area contributed by atoms with E-state index in [0.717, 1.165) is 17.5 Å². The van der Waals surface area contributed by atoms with Crippen molar-refractivity contribution in [2.24, 2.45) is 0 Å². The van der Waals surface area contributed by atoms with Crippen LogP contribution in [-0.4, -0.2) is 38.4 Å². The molecule has 0 fully saturated rings. The molecule has 0 spiro atoms. The fourth-order valence-electron chi connectivity index (χ4n) is 3.13. The predicted octanol–water partition coefficient (Wildman–Crippen LogP) is 3.34. The minimum Gasteiger partial charge on any atom is -0.419 e. The van der Waals surface area contributed by atoms with Gasteiger partial charge in [-0.2, -0.15) is 9.97 Å². The van der Waals surface area contributed by atoms with Crippen molar-refractivity contribution < 1.29 is 14.3 Å². The summed E-state index contributed by atoms with van der Waals surface area (Å²) < 4.78 is 6.31. The van der Waals surface area contributed by atoms with E-state index in [1.807, 2.05) is 30.3 Å². The van der Waals surface area contributed by atoms with Gasteiger partial charge in [-0.1, -0.05) is 30.8 Å². The third kappa shape index (κ3) is 5.10. The van der Waals surface area contributed by atoms with Crippen LogP contribution < -0.4 is 21.3 Å². The van der Waals surface area contributed by atoms with Gasteiger partial charge in [-0.15, -0.1) is 0 Å². The molecule has 0 aliphatic carbocycles. The summed E-state index contributed by atoms with van der Waals surface area (Å²) >= 11 is 0. The Balaban J connectivity index is 1.55. The summed E-state index contributed by atoms with van der Waals surface area (Å²) in [5.74, 6) is 0.964. The van der Waals surface area contributed by atoms with Crippen molar-refractivity contribution >= 4 is 41.0 Å². The van der Waals surface area contributed by atoms with Crippen molar-refractivity contribution in [3.05, 3.63) is 84.9 Å². The number of ether oxygens (including phenoxy) is 1. The highest BCUT2D eigenvalue weighted by Gasteiger charge is 2.13. The molecule has 0 atom stereocenters. The maximum atomic E-state index is 12.2. The first kappa shape index (κ1) is 22.3. The van der Waals surface area contributed by atoms with Crippen molar-refractivity contribution in [3.63, 3.8) is 0 Å². The topological polar surface area (TPSA) is 135 Å². The number of hydrogen-bond donors (Lipinski definition) is 4. The average Bonchev–Trinajstić information content (AvgIpc) is 3.33. The molecule has 2 aromatic carbocycles. The van der Waals surface area contributed by atoms with E-state index < -0.39 is 6.09 Å². The first-order valence-electron chi connectivity index (χ1n) is 10.3. The second-order valence-corrected chi connectivity index (χ2v) is 6.97. The van der Waals surface area contributed by atoms with Gasteiger partial charge in [0, 0.05) is 31.7 Å². The lowest BCUT2D eigenvalue weighted by Crippen LogP contribution is -2.21. The van der Waals surface area contributed by atoms with Gasteiger partial charge >= 0.3 is 6.09 Å². The second-order valence-electron chi connectivity index (χ2n) is 6.97. The van der Waals surface area contributed by atoms with E-state index in [0.29, 0.717) is 35.5 Å². The molecule has 4 aromatic rings. The van der Waals surface area contributed by atoms with Crippen molar-refractivity contribution in [1.29, 1.82) is 0 Å². The van der Waals surface area contributed by atoms with Crippen LogP contribution in [0.5, 0.6) is 0 Å². The third-order valence-electron chi connectivity index (χ3n) is 4.75. The largest absolute Gasteiger partial charge is 0.419 e. The molecule has 0 aliphatic rings. The lowest BCUT2D eigenvalue weighted by Gasteiger charge is -2.13. The Kier molecular flexibility index (Phi) is 6.63. The number of anilines is 4. The zero-order chi connectivity index (χ0) is 23.9. The number of fused-ring (bicyclic) bond motifs is 1. The van der Waals surface area contributed by atoms with Crippen LogP contribution in [0.15, 0.2) is 73.8 Å². The van der Waals surface area contributed by atoms with Crippen LogP contribution in [0.3, 0.4) is 0 Å². The molecule has 11 heteroatoms. The number of para-hydroxylation sites is 1. The number of hydrogen-bond acceptors (Lipinski definition) is 8. The van der Waals surface area contributed by atoms with Gasteiger partial charge in [0.05, 0.1) is 17.5 Å². The molecule has 11 nitrogen and oxygen atoms in total. The van der Waals surface area contributed by atoms with Crippen molar-refractivity contribution in [2.75, 3.05) is 17.7 Å². The van der Waals surface area contributed by atoms with Gasteiger partial charge in [-0.05, 0) is 29.8 Å². The van der Waals surface area contributed by atoms with Gasteiger partial charge in [-0.3, -0.25) is 9.20 Å². The van der Waals surface area contributed by atoms with E-state index in [1.54, 1.807) is 42.0 Å². The van der Waals surface area contributed by atoms with Gasteiger partial charge in [0.15, 0.2) is 0 Å². The molecule has 0 saturated heterocycles. The Morgan fingerprint density at radius 3 is 2.65 bits per heavy atom. The third-order valence-corrected chi connectivity index (χ3v) is 4.75. The zero-order valence-corrected chi connectivity index (χ0v) is 18.3. The summed E-state index contributed by atoms with van der Waals surface area (Å²) in [5.41, 5.74) is 2.69. The number of rotatable bonds is 8. The molecule has 4 N–H and O–H groups in total. The van der Waals surface area contributed by atoms with Crippen molar-refractivity contribution in [2.45, 2.75) is 6.54 Å². The molecule has 2 heterocycles. The fourth-order valence-corrected chi connectivity index (χ4v) is 3.13. The number of aromatic nitrogens is 4. The Hall–Kier alpha value is -4.93. The Morgan fingerprint density at radius 2 is 1.88 bits per heavy atom. The number of carbonyl (C=O) groups is 2. The first-order chi connectivity index (χ1) is 16.6. The van der Waals surface area contributed by atoms with Gasteiger partial charge in [0.2, 0.25) is 17.7 Å². The van der Waals surface area contributed by atoms with E-state index in [-0.39, 0.29) is 5.91 Å². The van der Waals surface area contributed by atoms with Crippen LogP contribution >= 0.6 is 0 Å². The second kappa shape index (κ2) is 10.1. The fraction of sp³-hybridized carbons (Fsp3) is 0.0870. The number of nitrogens with zero attached hydrogens (tertiary/aromatic N) is 4. The Bertz CT molecular complexity index is 1330. The minimum absolute atomic E-state index is 0.218. The van der Waals surface area contributed by atoms with Crippen LogP contribution in [0.1, 0.15) is 15.9 Å². The summed E-state index contributed by atoms with van der Waals surface area (Å²) in [5, 5.41) is 11.6. The molecule has 0 unspecified atom stereocenters. The maximum absolute atomic E-state index is 12.2. The molecule has 2 aromatic heterocycles. The van der Waals surface area contributed by atoms with Crippen molar-refractivity contribution in [1.82, 2.24) is 30.0 Å². The minimum atomic E-state index is -0.573. The van der Waals surface area contributed by atoms with Gasteiger partial charge in [0.25, 0.3) is 5.91 Å². The lowest BCUT2D eigenvalue weighted by atomic mass is 10.1. The van der Waals surface area contributed by atoms with E-state index >= 15 is 0 Å². The SMILES string of the molecule is C=COC(=O)NCc1ccc(Nc2nc(Nc3ccccc3C(=O)NC)n3ccnc3n2)cc1. The first-order valence-corrected chi connectivity index (χ1v) is 10.3. The molecule has 4 rings (SSSR count). The molecule has 0 aliphatic heterocycles. The quantitative estimate of drug-likeness (QED) is 0.295. The summed E-state index contributed by atoms with van der Waals surface area (Å²) in [6.45, 7) is 3.64. The summed E-state index contributed by atoms with van der Waals surface area (Å²) in [6.07, 6.45) is 3.84. The van der Waals surface area contributed by atoms with Crippen LogP contribution in [-0.2, 0) is 11.3 Å². The van der Waals surface area contributed by atoms with E-state index in [4.69, 9.17) is 0 Å². The normalized spacial score (nSPS) is 10.4. The van der Waals surface area contributed by atoms with Crippen LogP contribution in [0.4, 0.5) is 28.1 Å². The lowest BCUT2D eigenvalue weighted by molar-refractivity contribution is 0.0964. The number of amides is 2. The molecule has 0 saturated carbocycles. The number of carbonyl (C=O) groups excluding carboxylic acids is 2. The molecular formula is C23H22N8O3.